The second-order valence-corrected chi connectivity index (χ2v) is 9.38. The van der Waals surface area contributed by atoms with E-state index < -0.39 is 29.8 Å². The lowest BCUT2D eigenvalue weighted by Crippen LogP contribution is -2.37. The molecule has 2 saturated heterocycles. The first kappa shape index (κ1) is 21.7. The molecule has 2 heterocycles. The van der Waals surface area contributed by atoms with Gasteiger partial charge in [0.1, 0.15) is 11.7 Å². The summed E-state index contributed by atoms with van der Waals surface area (Å²) in [6.07, 6.45) is -1.000. The van der Waals surface area contributed by atoms with Gasteiger partial charge in [-0.15, -0.1) is 0 Å². The van der Waals surface area contributed by atoms with E-state index in [1.807, 2.05) is 66.7 Å². The number of imide groups is 1. The molecule has 0 aliphatic carbocycles. The maximum Gasteiger partial charge on any atom is 0.266 e. The molecule has 2 aliphatic heterocycles. The van der Waals surface area contributed by atoms with Gasteiger partial charge in [-0.25, -0.2) is 14.4 Å². The quantitative estimate of drug-likeness (QED) is 0.225. The van der Waals surface area contributed by atoms with E-state index in [0.29, 0.717) is 5.69 Å². The summed E-state index contributed by atoms with van der Waals surface area (Å²) in [5.41, 5.74) is 2.03. The minimum Gasteiger partial charge on any atom is -0.273 e. The van der Waals surface area contributed by atoms with Gasteiger partial charge < -0.3 is 0 Å². The van der Waals surface area contributed by atoms with Crippen LogP contribution in [0.1, 0.15) is 11.6 Å². The molecule has 0 N–H and O–H groups in total. The Morgan fingerprint density at radius 3 is 1.89 bits per heavy atom. The summed E-state index contributed by atoms with van der Waals surface area (Å²) in [7, 11) is 0. The van der Waals surface area contributed by atoms with Crippen LogP contribution in [0.15, 0.2) is 109 Å². The van der Waals surface area contributed by atoms with E-state index in [0.717, 1.165) is 37.7 Å². The lowest BCUT2D eigenvalue weighted by molar-refractivity contribution is -0.126. The normalized spacial score (nSPS) is 21.3. The van der Waals surface area contributed by atoms with Gasteiger partial charge in [0.25, 0.3) is 5.91 Å². The zero-order valence-electron chi connectivity index (χ0n) is 19.6. The lowest BCUT2D eigenvalue weighted by atomic mass is 9.84. The lowest BCUT2D eigenvalue weighted by Gasteiger charge is -2.30. The summed E-state index contributed by atoms with van der Waals surface area (Å²) in [5, 5.41) is 5.80. The Balaban J connectivity index is 1.47. The molecular formula is C31H21FN2O3. The highest BCUT2D eigenvalue weighted by atomic mass is 19.1. The summed E-state index contributed by atoms with van der Waals surface area (Å²) in [6.45, 7) is 0. The highest BCUT2D eigenvalue weighted by molar-refractivity contribution is 6.24. The summed E-state index contributed by atoms with van der Waals surface area (Å²) < 4.78 is 13.6. The fourth-order valence-electron chi connectivity index (χ4n) is 5.72. The number of halogens is 1. The van der Waals surface area contributed by atoms with Crippen LogP contribution < -0.4 is 9.96 Å². The molecule has 0 radical (unpaired) electrons. The summed E-state index contributed by atoms with van der Waals surface area (Å²) in [6, 6.07) is 32.6. The predicted molar refractivity (Wildman–Crippen MR) is 140 cm³/mol. The number of hydroxylamine groups is 1. The van der Waals surface area contributed by atoms with Gasteiger partial charge >= 0.3 is 0 Å². The standard InChI is InChI=1S/C31H21FN2O3/c32-21-14-16-22(17-15-21)33-30(35)27-28(34(37-29(27)31(33)36)23-10-2-1-3-11-23)26-24-12-6-4-8-19(24)18-20-9-5-7-13-25(20)26/h1-18,27-29H/t27-,28+,29-/m1/s1. The highest BCUT2D eigenvalue weighted by Gasteiger charge is 2.60. The monoisotopic (exact) mass is 488 g/mol. The molecule has 5 aromatic rings. The van der Waals surface area contributed by atoms with Gasteiger partial charge in [0.05, 0.1) is 17.4 Å². The molecule has 0 spiro atoms. The molecule has 6 heteroatoms. The van der Waals surface area contributed by atoms with E-state index in [-0.39, 0.29) is 5.91 Å². The molecule has 2 fully saturated rings. The Labute approximate surface area is 212 Å². The minimum absolute atomic E-state index is 0.335. The first-order valence-electron chi connectivity index (χ1n) is 12.2. The highest BCUT2D eigenvalue weighted by Crippen LogP contribution is 2.50. The number of rotatable bonds is 3. The van der Waals surface area contributed by atoms with E-state index in [4.69, 9.17) is 4.84 Å². The maximum atomic E-state index is 14.0. The molecule has 0 bridgehead atoms. The van der Waals surface area contributed by atoms with Crippen LogP contribution in [-0.4, -0.2) is 17.9 Å². The Bertz CT molecular complexity index is 1630. The largest absolute Gasteiger partial charge is 0.273 e. The van der Waals surface area contributed by atoms with Crippen molar-refractivity contribution >= 4 is 44.7 Å². The molecule has 2 amide bonds. The summed E-state index contributed by atoms with van der Waals surface area (Å²) in [4.78, 5) is 35.1. The van der Waals surface area contributed by atoms with Gasteiger partial charge in [0, 0.05) is 0 Å². The Morgan fingerprint density at radius 2 is 1.24 bits per heavy atom. The third kappa shape index (κ3) is 3.26. The summed E-state index contributed by atoms with van der Waals surface area (Å²) in [5.74, 6) is -2.03. The number of fused-ring (bicyclic) bond motifs is 3. The number of amides is 2. The molecule has 0 saturated carbocycles. The van der Waals surface area contributed by atoms with E-state index in [9.17, 15) is 14.0 Å². The van der Waals surface area contributed by atoms with Crippen LogP contribution >= 0.6 is 0 Å². The van der Waals surface area contributed by atoms with Gasteiger partial charge in [-0.1, -0.05) is 66.7 Å². The average molecular weight is 489 g/mol. The Hall–Kier alpha value is -4.55. The summed E-state index contributed by atoms with van der Waals surface area (Å²) >= 11 is 0. The van der Waals surface area contributed by atoms with E-state index >= 15 is 0 Å². The number of hydrogen-bond acceptors (Lipinski definition) is 4. The van der Waals surface area contributed by atoms with Crippen LogP contribution in [0.4, 0.5) is 15.8 Å². The number of hydrogen-bond donors (Lipinski definition) is 0. The van der Waals surface area contributed by atoms with E-state index in [1.54, 1.807) is 5.06 Å². The molecule has 0 aromatic heterocycles. The van der Waals surface area contributed by atoms with Crippen LogP contribution in [0.3, 0.4) is 0 Å². The van der Waals surface area contributed by atoms with Gasteiger partial charge in [-0.2, -0.15) is 0 Å². The predicted octanol–water partition coefficient (Wildman–Crippen LogP) is 6.18. The molecule has 5 aromatic carbocycles. The molecule has 37 heavy (non-hydrogen) atoms. The van der Waals surface area contributed by atoms with Crippen LogP contribution in [0.2, 0.25) is 0 Å². The fourth-order valence-corrected chi connectivity index (χ4v) is 5.72. The number of carbonyl (C=O) groups is 2. The minimum atomic E-state index is -1.000. The van der Waals surface area contributed by atoms with Gasteiger partial charge in [0.15, 0.2) is 6.10 Å². The van der Waals surface area contributed by atoms with Crippen LogP contribution in [-0.2, 0) is 14.4 Å². The third-order valence-corrected chi connectivity index (χ3v) is 7.32. The van der Waals surface area contributed by atoms with Crippen molar-refractivity contribution in [1.29, 1.82) is 0 Å². The van der Waals surface area contributed by atoms with Crippen molar-refractivity contribution < 1.29 is 18.8 Å². The first-order chi connectivity index (χ1) is 18.1. The molecule has 2 aliphatic rings. The second kappa shape index (κ2) is 8.25. The number of nitrogens with zero attached hydrogens (tertiary/aromatic N) is 2. The van der Waals surface area contributed by atoms with Crippen molar-refractivity contribution in [2.75, 3.05) is 9.96 Å². The number of para-hydroxylation sites is 1. The molecule has 0 unspecified atom stereocenters. The van der Waals surface area contributed by atoms with Crippen molar-refractivity contribution in [3.8, 4) is 0 Å². The number of anilines is 2. The number of carbonyl (C=O) groups excluding carboxylic acids is 2. The van der Waals surface area contributed by atoms with Crippen molar-refractivity contribution in [3.05, 3.63) is 121 Å². The van der Waals surface area contributed by atoms with E-state index in [1.165, 1.54) is 24.3 Å². The average Bonchev–Trinajstić information content (AvgIpc) is 3.44. The van der Waals surface area contributed by atoms with E-state index in [2.05, 4.69) is 18.2 Å². The van der Waals surface area contributed by atoms with Gasteiger partial charge in [-0.3, -0.25) is 14.4 Å². The molecule has 3 atom stereocenters. The smallest absolute Gasteiger partial charge is 0.266 e. The van der Waals surface area contributed by atoms with Crippen molar-refractivity contribution in [1.82, 2.24) is 0 Å². The fraction of sp³-hybridized carbons (Fsp3) is 0.0968. The van der Waals surface area contributed by atoms with Crippen molar-refractivity contribution in [3.63, 3.8) is 0 Å². The topological polar surface area (TPSA) is 49.9 Å². The maximum absolute atomic E-state index is 14.0. The van der Waals surface area contributed by atoms with Crippen molar-refractivity contribution in [2.24, 2.45) is 5.92 Å². The van der Waals surface area contributed by atoms with Gasteiger partial charge in [0.2, 0.25) is 5.91 Å². The molecule has 180 valence electrons. The Morgan fingerprint density at radius 1 is 0.649 bits per heavy atom. The Kier molecular flexibility index (Phi) is 4.84. The SMILES string of the molecule is O=C1[C@H]2[C@@H](ON(c3ccccc3)[C@H]2c2c3ccccc3cc3ccccc23)C(=O)N1c1ccc(F)cc1. The second-order valence-electron chi connectivity index (χ2n) is 9.38. The van der Waals surface area contributed by atoms with Crippen LogP contribution in [0.25, 0.3) is 21.5 Å². The number of benzene rings is 5. The molecular weight excluding hydrogens is 467 g/mol. The third-order valence-electron chi connectivity index (χ3n) is 7.32. The molecule has 7 rings (SSSR count). The molecule has 5 nitrogen and oxygen atoms in total. The van der Waals surface area contributed by atoms with Gasteiger partial charge in [-0.05, 0) is 69.6 Å². The zero-order valence-corrected chi connectivity index (χ0v) is 19.6. The van der Waals surface area contributed by atoms with Crippen LogP contribution in [0.5, 0.6) is 0 Å². The van der Waals surface area contributed by atoms with Crippen molar-refractivity contribution in [2.45, 2.75) is 12.1 Å². The van der Waals surface area contributed by atoms with Crippen LogP contribution in [0, 0.1) is 11.7 Å². The zero-order chi connectivity index (χ0) is 25.1. The first-order valence-corrected chi connectivity index (χ1v) is 12.2.